The summed E-state index contributed by atoms with van der Waals surface area (Å²) < 4.78 is 20.5. The SMILES string of the molecule is O=C(COc1ccc(F)c(Cl)c1)NCCc1nnc2n1CCCCC2. The van der Waals surface area contributed by atoms with Crippen LogP contribution in [0.2, 0.25) is 5.02 Å². The number of amides is 1. The molecule has 134 valence electrons. The van der Waals surface area contributed by atoms with Gasteiger partial charge in [0.05, 0.1) is 5.02 Å². The topological polar surface area (TPSA) is 69.0 Å². The molecule has 1 aliphatic rings. The third kappa shape index (κ3) is 4.69. The molecule has 1 aromatic heterocycles. The van der Waals surface area contributed by atoms with Crippen molar-refractivity contribution in [3.05, 3.63) is 40.7 Å². The molecule has 1 aliphatic heterocycles. The van der Waals surface area contributed by atoms with E-state index in [0.717, 1.165) is 37.5 Å². The summed E-state index contributed by atoms with van der Waals surface area (Å²) in [6.07, 6.45) is 5.09. The molecule has 2 aromatic rings. The first-order chi connectivity index (χ1) is 12.1. The van der Waals surface area contributed by atoms with Crippen LogP contribution in [0.4, 0.5) is 4.39 Å². The second-order valence-electron chi connectivity index (χ2n) is 5.96. The Kier molecular flexibility index (Phi) is 5.86. The van der Waals surface area contributed by atoms with E-state index in [2.05, 4.69) is 20.1 Å². The van der Waals surface area contributed by atoms with Gasteiger partial charge in [0.15, 0.2) is 6.61 Å². The monoisotopic (exact) mass is 366 g/mol. The minimum atomic E-state index is -0.522. The molecule has 6 nitrogen and oxygen atoms in total. The van der Waals surface area contributed by atoms with Crippen molar-refractivity contribution in [1.82, 2.24) is 20.1 Å². The van der Waals surface area contributed by atoms with Crippen molar-refractivity contribution in [2.45, 2.75) is 38.6 Å². The van der Waals surface area contributed by atoms with Gasteiger partial charge in [-0.1, -0.05) is 18.0 Å². The lowest BCUT2D eigenvalue weighted by atomic mass is 10.2. The molecule has 1 N–H and O–H groups in total. The van der Waals surface area contributed by atoms with Crippen LogP contribution < -0.4 is 10.1 Å². The average molecular weight is 367 g/mol. The number of carbonyl (C=O) groups is 1. The van der Waals surface area contributed by atoms with Gasteiger partial charge in [0.25, 0.3) is 5.91 Å². The summed E-state index contributed by atoms with van der Waals surface area (Å²) in [5, 5.41) is 11.2. The number of nitrogens with one attached hydrogen (secondary N) is 1. The third-order valence-corrected chi connectivity index (χ3v) is 4.41. The van der Waals surface area contributed by atoms with Crippen molar-refractivity contribution < 1.29 is 13.9 Å². The van der Waals surface area contributed by atoms with E-state index >= 15 is 0 Å². The maximum atomic E-state index is 13.1. The summed E-state index contributed by atoms with van der Waals surface area (Å²) in [6.45, 7) is 1.25. The number of hydrogen-bond donors (Lipinski definition) is 1. The highest BCUT2D eigenvalue weighted by atomic mass is 35.5. The van der Waals surface area contributed by atoms with Gasteiger partial charge < -0.3 is 14.6 Å². The van der Waals surface area contributed by atoms with Crippen molar-refractivity contribution in [3.8, 4) is 5.75 Å². The number of nitrogens with zero attached hydrogens (tertiary/aromatic N) is 3. The van der Waals surface area contributed by atoms with Gasteiger partial charge in [0.2, 0.25) is 0 Å². The molecule has 0 bridgehead atoms. The molecule has 0 saturated heterocycles. The Labute approximate surface area is 150 Å². The predicted octanol–water partition coefficient (Wildman–Crippen LogP) is 2.53. The second-order valence-corrected chi connectivity index (χ2v) is 6.37. The molecular formula is C17H20ClFN4O2. The highest BCUT2D eigenvalue weighted by Crippen LogP contribution is 2.21. The molecule has 0 atom stereocenters. The Morgan fingerprint density at radius 3 is 3.04 bits per heavy atom. The lowest BCUT2D eigenvalue weighted by Gasteiger charge is -2.09. The summed E-state index contributed by atoms with van der Waals surface area (Å²) in [7, 11) is 0. The lowest BCUT2D eigenvalue weighted by Crippen LogP contribution is -2.31. The summed E-state index contributed by atoms with van der Waals surface area (Å²) in [4.78, 5) is 11.9. The van der Waals surface area contributed by atoms with Gasteiger partial charge in [0, 0.05) is 32.0 Å². The van der Waals surface area contributed by atoms with Crippen molar-refractivity contribution >= 4 is 17.5 Å². The van der Waals surface area contributed by atoms with Crippen molar-refractivity contribution in [3.63, 3.8) is 0 Å². The minimum Gasteiger partial charge on any atom is -0.484 e. The van der Waals surface area contributed by atoms with E-state index in [1.807, 2.05) is 0 Å². The van der Waals surface area contributed by atoms with Crippen LogP contribution >= 0.6 is 11.6 Å². The summed E-state index contributed by atoms with van der Waals surface area (Å²) in [5.41, 5.74) is 0. The first-order valence-electron chi connectivity index (χ1n) is 8.39. The number of fused-ring (bicyclic) bond motifs is 1. The first-order valence-corrected chi connectivity index (χ1v) is 8.77. The number of aryl methyl sites for hydroxylation is 1. The smallest absolute Gasteiger partial charge is 0.257 e. The van der Waals surface area contributed by atoms with E-state index in [9.17, 15) is 9.18 Å². The molecule has 3 rings (SSSR count). The number of ether oxygens (including phenoxy) is 1. The predicted molar refractivity (Wildman–Crippen MR) is 91.2 cm³/mol. The van der Waals surface area contributed by atoms with E-state index in [-0.39, 0.29) is 17.5 Å². The number of aromatic nitrogens is 3. The normalized spacial score (nSPS) is 13.8. The molecule has 1 aromatic carbocycles. The van der Waals surface area contributed by atoms with Gasteiger partial charge in [-0.05, 0) is 25.0 Å². The highest BCUT2D eigenvalue weighted by Gasteiger charge is 2.14. The Hall–Kier alpha value is -2.15. The van der Waals surface area contributed by atoms with E-state index in [4.69, 9.17) is 16.3 Å². The number of carbonyl (C=O) groups excluding carboxylic acids is 1. The molecule has 0 aliphatic carbocycles. The van der Waals surface area contributed by atoms with E-state index in [1.54, 1.807) is 0 Å². The zero-order valence-corrected chi connectivity index (χ0v) is 14.6. The fraction of sp³-hybridized carbons (Fsp3) is 0.471. The molecule has 0 saturated carbocycles. The Morgan fingerprint density at radius 2 is 2.20 bits per heavy atom. The van der Waals surface area contributed by atoms with Crippen molar-refractivity contribution in [2.24, 2.45) is 0 Å². The van der Waals surface area contributed by atoms with Gasteiger partial charge >= 0.3 is 0 Å². The zero-order chi connectivity index (χ0) is 17.6. The fourth-order valence-electron chi connectivity index (χ4n) is 2.81. The Morgan fingerprint density at radius 1 is 1.32 bits per heavy atom. The summed E-state index contributed by atoms with van der Waals surface area (Å²) in [6, 6.07) is 3.97. The number of benzene rings is 1. The molecule has 2 heterocycles. The fourth-order valence-corrected chi connectivity index (χ4v) is 2.98. The van der Waals surface area contributed by atoms with Crippen LogP contribution in [0.3, 0.4) is 0 Å². The maximum absolute atomic E-state index is 13.1. The number of halogens is 2. The molecule has 0 unspecified atom stereocenters. The Bertz CT molecular complexity index is 750. The van der Waals surface area contributed by atoms with Crippen LogP contribution in [-0.4, -0.2) is 33.8 Å². The van der Waals surface area contributed by atoms with Crippen LogP contribution in [0.1, 0.15) is 30.9 Å². The number of rotatable bonds is 6. The van der Waals surface area contributed by atoms with E-state index in [0.29, 0.717) is 18.7 Å². The largest absolute Gasteiger partial charge is 0.484 e. The van der Waals surface area contributed by atoms with Crippen molar-refractivity contribution in [2.75, 3.05) is 13.2 Å². The summed E-state index contributed by atoms with van der Waals surface area (Å²) >= 11 is 5.67. The molecule has 8 heteroatoms. The van der Waals surface area contributed by atoms with Gasteiger partial charge in [-0.25, -0.2) is 4.39 Å². The highest BCUT2D eigenvalue weighted by molar-refractivity contribution is 6.30. The van der Waals surface area contributed by atoms with Gasteiger partial charge in [-0.3, -0.25) is 4.79 Å². The summed E-state index contributed by atoms with van der Waals surface area (Å²) in [5.74, 6) is 1.52. The van der Waals surface area contributed by atoms with Crippen LogP contribution in [0, 0.1) is 5.82 Å². The van der Waals surface area contributed by atoms with Crippen LogP contribution in [0.15, 0.2) is 18.2 Å². The molecule has 0 fully saturated rings. The minimum absolute atomic E-state index is 0.0367. The lowest BCUT2D eigenvalue weighted by molar-refractivity contribution is -0.123. The molecule has 25 heavy (non-hydrogen) atoms. The van der Waals surface area contributed by atoms with Crippen LogP contribution in [-0.2, 0) is 24.2 Å². The van der Waals surface area contributed by atoms with Gasteiger partial charge in [-0.15, -0.1) is 10.2 Å². The zero-order valence-electron chi connectivity index (χ0n) is 13.8. The third-order valence-electron chi connectivity index (χ3n) is 4.12. The molecule has 0 spiro atoms. The van der Waals surface area contributed by atoms with Gasteiger partial charge in [-0.2, -0.15) is 0 Å². The second kappa shape index (κ2) is 8.29. The first kappa shape index (κ1) is 17.7. The van der Waals surface area contributed by atoms with Crippen molar-refractivity contribution in [1.29, 1.82) is 0 Å². The van der Waals surface area contributed by atoms with Crippen LogP contribution in [0.25, 0.3) is 0 Å². The van der Waals surface area contributed by atoms with E-state index < -0.39 is 5.82 Å². The maximum Gasteiger partial charge on any atom is 0.257 e. The molecule has 1 amide bonds. The standard InChI is InChI=1S/C17H20ClFN4O2/c18-13-10-12(5-6-14(13)19)25-11-17(24)20-8-7-16-22-21-15-4-2-1-3-9-23(15)16/h5-6,10H,1-4,7-9,11H2,(H,20,24). The van der Waals surface area contributed by atoms with Crippen LogP contribution in [0.5, 0.6) is 5.75 Å². The van der Waals surface area contributed by atoms with E-state index in [1.165, 1.54) is 24.6 Å². The molecule has 0 radical (unpaired) electrons. The number of hydrogen-bond acceptors (Lipinski definition) is 4. The quantitative estimate of drug-likeness (QED) is 0.853. The average Bonchev–Trinajstić information content (AvgIpc) is 2.83. The molecular weight excluding hydrogens is 347 g/mol. The van der Waals surface area contributed by atoms with Gasteiger partial charge in [0.1, 0.15) is 23.2 Å². The Balaban J connectivity index is 1.43.